The molecule has 0 aliphatic heterocycles. The Balaban J connectivity index is 2.17. The zero-order chi connectivity index (χ0) is 13.4. The van der Waals surface area contributed by atoms with Gasteiger partial charge in [0.15, 0.2) is 0 Å². The van der Waals surface area contributed by atoms with Crippen molar-refractivity contribution in [3.05, 3.63) is 44.8 Å². The summed E-state index contributed by atoms with van der Waals surface area (Å²) < 4.78 is 15.9. The Morgan fingerprint density at radius 2 is 2.26 bits per heavy atom. The number of rotatable bonds is 3. The summed E-state index contributed by atoms with van der Waals surface area (Å²) in [4.78, 5) is 8.62. The summed E-state index contributed by atoms with van der Waals surface area (Å²) in [6.07, 6.45) is 1.76. The molecule has 1 aromatic carbocycles. The average Bonchev–Trinajstić information content (AvgIpc) is 3.00. The molecule has 0 unspecified atom stereocenters. The van der Waals surface area contributed by atoms with Crippen LogP contribution in [0.5, 0.6) is 0 Å². The van der Waals surface area contributed by atoms with Gasteiger partial charge >= 0.3 is 0 Å². The molecule has 0 atom stereocenters. The van der Waals surface area contributed by atoms with Crippen LogP contribution in [0.1, 0.15) is 10.8 Å². The van der Waals surface area contributed by atoms with E-state index in [-0.39, 0.29) is 11.7 Å². The van der Waals surface area contributed by atoms with E-state index in [4.69, 9.17) is 11.6 Å². The van der Waals surface area contributed by atoms with Crippen LogP contribution in [0.2, 0.25) is 0 Å². The van der Waals surface area contributed by atoms with Gasteiger partial charge in [0.2, 0.25) is 0 Å². The zero-order valence-corrected chi connectivity index (χ0v) is 12.8. The van der Waals surface area contributed by atoms with Gasteiger partial charge in [-0.25, -0.2) is 14.4 Å². The zero-order valence-electron chi connectivity index (χ0n) is 9.61. The van der Waals surface area contributed by atoms with Crippen LogP contribution in [-0.4, -0.2) is 14.5 Å². The summed E-state index contributed by atoms with van der Waals surface area (Å²) in [5.74, 6) is 0.663. The van der Waals surface area contributed by atoms with Crippen LogP contribution in [0.15, 0.2) is 28.2 Å². The minimum absolute atomic E-state index is 0.277. The van der Waals surface area contributed by atoms with E-state index in [1.807, 2.05) is 9.95 Å². The van der Waals surface area contributed by atoms with E-state index in [1.165, 1.54) is 6.07 Å². The molecule has 0 spiro atoms. The number of benzene rings is 1. The van der Waals surface area contributed by atoms with Crippen LogP contribution < -0.4 is 0 Å². The molecule has 3 aromatic rings. The lowest BCUT2D eigenvalue weighted by Crippen LogP contribution is -2.03. The normalized spacial score (nSPS) is 11.3. The van der Waals surface area contributed by atoms with Crippen LogP contribution in [0, 0.1) is 5.82 Å². The SMILES string of the molecule is Fc1cc2nc(CCl)n(Cc3nccs3)c2cc1Br. The standard InChI is InChI=1S/C12H8BrClFN3S/c13-7-3-10-9(4-8(7)15)17-11(5-14)18(10)6-12-16-1-2-19-12/h1-4H,5-6H2. The molecule has 0 radical (unpaired) electrons. The monoisotopic (exact) mass is 359 g/mol. The van der Waals surface area contributed by atoms with E-state index >= 15 is 0 Å². The molecule has 0 N–H and O–H groups in total. The van der Waals surface area contributed by atoms with Gasteiger partial charge in [-0.05, 0) is 22.0 Å². The van der Waals surface area contributed by atoms with Crippen LogP contribution in [-0.2, 0) is 12.4 Å². The molecule has 0 fully saturated rings. The number of imidazole rings is 1. The maximum atomic E-state index is 13.5. The number of fused-ring (bicyclic) bond motifs is 1. The van der Waals surface area contributed by atoms with Crippen LogP contribution in [0.4, 0.5) is 4.39 Å². The molecule has 0 saturated heterocycles. The topological polar surface area (TPSA) is 30.7 Å². The number of nitrogens with zero attached hydrogens (tertiary/aromatic N) is 3. The van der Waals surface area contributed by atoms with Gasteiger partial charge in [-0.1, -0.05) is 0 Å². The molecule has 3 nitrogen and oxygen atoms in total. The lowest BCUT2D eigenvalue weighted by molar-refractivity contribution is 0.622. The average molecular weight is 361 g/mol. The van der Waals surface area contributed by atoms with Crippen molar-refractivity contribution in [2.45, 2.75) is 12.4 Å². The molecule has 0 amide bonds. The molecular formula is C12H8BrClFN3S. The van der Waals surface area contributed by atoms with E-state index in [2.05, 4.69) is 25.9 Å². The van der Waals surface area contributed by atoms with Crippen LogP contribution in [0.25, 0.3) is 11.0 Å². The van der Waals surface area contributed by atoms with E-state index in [9.17, 15) is 4.39 Å². The Morgan fingerprint density at radius 3 is 2.95 bits per heavy atom. The molecule has 0 bridgehead atoms. The molecule has 7 heteroatoms. The van der Waals surface area contributed by atoms with E-state index in [0.29, 0.717) is 22.4 Å². The van der Waals surface area contributed by atoms with Gasteiger partial charge in [0.1, 0.15) is 16.6 Å². The van der Waals surface area contributed by atoms with Crippen molar-refractivity contribution in [3.8, 4) is 0 Å². The fourth-order valence-electron chi connectivity index (χ4n) is 1.91. The number of aromatic nitrogens is 3. The highest BCUT2D eigenvalue weighted by Gasteiger charge is 2.13. The van der Waals surface area contributed by atoms with Crippen molar-refractivity contribution in [3.63, 3.8) is 0 Å². The maximum absolute atomic E-state index is 13.5. The lowest BCUT2D eigenvalue weighted by Gasteiger charge is -2.05. The second-order valence-electron chi connectivity index (χ2n) is 3.93. The number of thiazole rings is 1. The van der Waals surface area contributed by atoms with Crippen molar-refractivity contribution in [2.75, 3.05) is 0 Å². The third kappa shape index (κ3) is 2.40. The third-order valence-corrected chi connectivity index (χ3v) is 4.38. The van der Waals surface area contributed by atoms with Crippen molar-refractivity contribution < 1.29 is 4.39 Å². The van der Waals surface area contributed by atoms with Gasteiger partial charge < -0.3 is 4.57 Å². The molecule has 19 heavy (non-hydrogen) atoms. The highest BCUT2D eigenvalue weighted by Crippen LogP contribution is 2.26. The molecule has 2 aromatic heterocycles. The number of hydrogen-bond acceptors (Lipinski definition) is 3. The number of alkyl halides is 1. The predicted molar refractivity (Wildman–Crippen MR) is 78.2 cm³/mol. The van der Waals surface area contributed by atoms with Gasteiger partial charge in [0.25, 0.3) is 0 Å². The van der Waals surface area contributed by atoms with Crippen molar-refractivity contribution in [2.24, 2.45) is 0 Å². The molecule has 2 heterocycles. The molecular weight excluding hydrogens is 353 g/mol. The van der Waals surface area contributed by atoms with Crippen molar-refractivity contribution in [1.82, 2.24) is 14.5 Å². The lowest BCUT2D eigenvalue weighted by atomic mass is 10.3. The van der Waals surface area contributed by atoms with Gasteiger partial charge in [0.05, 0.1) is 27.9 Å². The Labute approximate surface area is 126 Å². The summed E-state index contributed by atoms with van der Waals surface area (Å²) in [5.41, 5.74) is 1.45. The fourth-order valence-corrected chi connectivity index (χ4v) is 3.05. The first kappa shape index (κ1) is 13.0. The van der Waals surface area contributed by atoms with E-state index in [0.717, 1.165) is 10.5 Å². The third-order valence-electron chi connectivity index (χ3n) is 2.77. The predicted octanol–water partition coefficient (Wildman–Crippen LogP) is 4.18. The quantitative estimate of drug-likeness (QED) is 0.656. The van der Waals surface area contributed by atoms with Gasteiger partial charge in [-0.3, -0.25) is 0 Å². The van der Waals surface area contributed by atoms with E-state index in [1.54, 1.807) is 23.6 Å². The van der Waals surface area contributed by atoms with Gasteiger partial charge in [-0.15, -0.1) is 22.9 Å². The minimum atomic E-state index is -0.326. The smallest absolute Gasteiger partial charge is 0.139 e. The largest absolute Gasteiger partial charge is 0.320 e. The van der Waals surface area contributed by atoms with Gasteiger partial charge in [-0.2, -0.15) is 0 Å². The van der Waals surface area contributed by atoms with E-state index < -0.39 is 0 Å². The minimum Gasteiger partial charge on any atom is -0.320 e. The Hall–Kier alpha value is -0.980. The summed E-state index contributed by atoms with van der Waals surface area (Å²) in [5, 5.41) is 2.89. The Bertz CT molecular complexity index is 726. The van der Waals surface area contributed by atoms with Crippen molar-refractivity contribution >= 4 is 49.9 Å². The maximum Gasteiger partial charge on any atom is 0.139 e. The highest BCUT2D eigenvalue weighted by atomic mass is 79.9. The Kier molecular flexibility index (Phi) is 3.56. The summed E-state index contributed by atoms with van der Waals surface area (Å²) >= 11 is 10.7. The van der Waals surface area contributed by atoms with Crippen molar-refractivity contribution in [1.29, 1.82) is 0 Å². The highest BCUT2D eigenvalue weighted by molar-refractivity contribution is 9.10. The number of hydrogen-bond donors (Lipinski definition) is 0. The first-order valence-electron chi connectivity index (χ1n) is 5.47. The first-order valence-corrected chi connectivity index (χ1v) is 7.68. The molecule has 0 aliphatic carbocycles. The van der Waals surface area contributed by atoms with Crippen LogP contribution >= 0.6 is 38.9 Å². The molecule has 3 rings (SSSR count). The molecule has 0 saturated carbocycles. The van der Waals surface area contributed by atoms with Gasteiger partial charge in [0, 0.05) is 17.6 Å². The fraction of sp³-hybridized carbons (Fsp3) is 0.167. The summed E-state index contributed by atoms with van der Waals surface area (Å²) in [7, 11) is 0. The van der Waals surface area contributed by atoms with Crippen LogP contribution in [0.3, 0.4) is 0 Å². The second-order valence-corrected chi connectivity index (χ2v) is 6.03. The Morgan fingerprint density at radius 1 is 1.42 bits per heavy atom. The second kappa shape index (κ2) is 5.19. The summed E-state index contributed by atoms with van der Waals surface area (Å²) in [6.45, 7) is 0.592. The molecule has 0 aliphatic rings. The molecule has 98 valence electrons. The number of halogens is 3. The summed E-state index contributed by atoms with van der Waals surface area (Å²) in [6, 6.07) is 3.13. The first-order chi connectivity index (χ1) is 9.19.